The second kappa shape index (κ2) is 4.74. The normalized spacial score (nSPS) is 35.2. The molecule has 2 aliphatic rings. The number of rotatable bonds is 2. The molecule has 2 fully saturated rings. The third kappa shape index (κ3) is 2.84. The van der Waals surface area contributed by atoms with Gasteiger partial charge in [-0.2, -0.15) is 0 Å². The molecular weight excluding hydrogens is 222 g/mol. The molecule has 1 heterocycles. The van der Waals surface area contributed by atoms with Gasteiger partial charge in [0.15, 0.2) is 0 Å². The van der Waals surface area contributed by atoms with Gasteiger partial charge in [0.05, 0.1) is 12.1 Å². The standard InChI is InChI=1S/C12H19NO4/c1-9-2-4-12(16,5-3-9)8-13-10(14)6-17-7-11(13)15/h9,16H,2-8H2,1H3. The fourth-order valence-electron chi connectivity index (χ4n) is 2.45. The maximum absolute atomic E-state index is 11.6. The molecule has 0 aromatic heterocycles. The average Bonchev–Trinajstić information content (AvgIpc) is 2.29. The first-order chi connectivity index (χ1) is 8.00. The molecule has 0 atom stereocenters. The fraction of sp³-hybridized carbons (Fsp3) is 0.833. The van der Waals surface area contributed by atoms with Crippen molar-refractivity contribution in [2.45, 2.75) is 38.2 Å². The lowest BCUT2D eigenvalue weighted by molar-refractivity contribution is -0.163. The van der Waals surface area contributed by atoms with Gasteiger partial charge in [-0.05, 0) is 31.6 Å². The van der Waals surface area contributed by atoms with Crippen molar-refractivity contribution in [1.82, 2.24) is 4.90 Å². The average molecular weight is 241 g/mol. The number of nitrogens with zero attached hydrogens (tertiary/aromatic N) is 1. The van der Waals surface area contributed by atoms with Gasteiger partial charge in [-0.15, -0.1) is 0 Å². The highest BCUT2D eigenvalue weighted by Crippen LogP contribution is 2.32. The fourth-order valence-corrected chi connectivity index (χ4v) is 2.45. The van der Waals surface area contributed by atoms with E-state index in [0.717, 1.165) is 17.7 Å². The molecule has 5 heteroatoms. The highest BCUT2D eigenvalue weighted by molar-refractivity contribution is 5.98. The number of amides is 2. The number of morpholine rings is 1. The lowest BCUT2D eigenvalue weighted by Crippen LogP contribution is -2.54. The number of imide groups is 1. The molecule has 5 nitrogen and oxygen atoms in total. The molecule has 96 valence electrons. The quantitative estimate of drug-likeness (QED) is 0.707. The predicted octanol–water partition coefficient (Wildman–Crippen LogP) is 0.313. The maximum Gasteiger partial charge on any atom is 0.255 e. The maximum atomic E-state index is 11.6. The molecule has 1 aliphatic heterocycles. The number of hydrogen-bond acceptors (Lipinski definition) is 4. The van der Waals surface area contributed by atoms with Crippen molar-refractivity contribution in [1.29, 1.82) is 0 Å². The van der Waals surface area contributed by atoms with E-state index in [4.69, 9.17) is 4.74 Å². The Hall–Kier alpha value is -0.940. The first-order valence-electron chi connectivity index (χ1n) is 6.13. The smallest absolute Gasteiger partial charge is 0.255 e. The van der Waals surface area contributed by atoms with Crippen molar-refractivity contribution >= 4 is 11.8 Å². The largest absolute Gasteiger partial charge is 0.388 e. The molecule has 0 spiro atoms. The van der Waals surface area contributed by atoms with E-state index in [1.165, 1.54) is 0 Å². The van der Waals surface area contributed by atoms with Crippen LogP contribution in [0.5, 0.6) is 0 Å². The van der Waals surface area contributed by atoms with Crippen LogP contribution in [-0.4, -0.2) is 47.2 Å². The summed E-state index contributed by atoms with van der Waals surface area (Å²) in [5.74, 6) is -0.0621. The minimum atomic E-state index is -0.894. The van der Waals surface area contributed by atoms with Gasteiger partial charge in [0, 0.05) is 0 Å². The number of hydrogen-bond donors (Lipinski definition) is 1. The van der Waals surface area contributed by atoms with Gasteiger partial charge in [-0.25, -0.2) is 0 Å². The number of ether oxygens (including phenoxy) is 1. The topological polar surface area (TPSA) is 66.8 Å². The number of aliphatic hydroxyl groups is 1. The zero-order valence-electron chi connectivity index (χ0n) is 10.1. The highest BCUT2D eigenvalue weighted by Gasteiger charge is 2.38. The monoisotopic (exact) mass is 241 g/mol. The van der Waals surface area contributed by atoms with Crippen LogP contribution in [0.3, 0.4) is 0 Å². The van der Waals surface area contributed by atoms with E-state index in [1.807, 2.05) is 0 Å². The number of carbonyl (C=O) groups is 2. The van der Waals surface area contributed by atoms with Crippen LogP contribution in [0.4, 0.5) is 0 Å². The summed E-state index contributed by atoms with van der Waals surface area (Å²) in [4.78, 5) is 24.3. The molecule has 0 aromatic carbocycles. The van der Waals surface area contributed by atoms with Gasteiger partial charge in [0.2, 0.25) is 0 Å². The van der Waals surface area contributed by atoms with Crippen LogP contribution < -0.4 is 0 Å². The molecule has 2 amide bonds. The summed E-state index contributed by atoms with van der Waals surface area (Å²) < 4.78 is 4.84. The van der Waals surface area contributed by atoms with E-state index in [-0.39, 0.29) is 31.6 Å². The molecule has 0 bridgehead atoms. The third-order valence-electron chi connectivity index (χ3n) is 3.71. The molecular formula is C12H19NO4. The van der Waals surface area contributed by atoms with E-state index in [1.54, 1.807) is 0 Å². The van der Waals surface area contributed by atoms with Crippen molar-refractivity contribution in [2.24, 2.45) is 5.92 Å². The Morgan fingerprint density at radius 3 is 2.35 bits per heavy atom. The third-order valence-corrected chi connectivity index (χ3v) is 3.71. The van der Waals surface area contributed by atoms with E-state index in [0.29, 0.717) is 18.8 Å². The molecule has 1 saturated heterocycles. The molecule has 1 saturated carbocycles. The minimum absolute atomic E-state index is 0.0573. The summed E-state index contributed by atoms with van der Waals surface area (Å²) in [7, 11) is 0. The van der Waals surface area contributed by atoms with Crippen LogP contribution in [0.15, 0.2) is 0 Å². The van der Waals surface area contributed by atoms with Crippen molar-refractivity contribution in [2.75, 3.05) is 19.8 Å². The van der Waals surface area contributed by atoms with E-state index in [2.05, 4.69) is 6.92 Å². The van der Waals surface area contributed by atoms with Gasteiger partial charge in [-0.1, -0.05) is 6.92 Å². The molecule has 2 rings (SSSR count). The Labute approximate surface area is 101 Å². The van der Waals surface area contributed by atoms with E-state index >= 15 is 0 Å². The lowest BCUT2D eigenvalue weighted by atomic mass is 9.79. The molecule has 0 aromatic rings. The summed E-state index contributed by atoms with van der Waals surface area (Å²) in [5, 5.41) is 10.4. The molecule has 1 aliphatic carbocycles. The van der Waals surface area contributed by atoms with Gasteiger partial charge < -0.3 is 9.84 Å². The Kier molecular flexibility index (Phi) is 3.49. The Morgan fingerprint density at radius 1 is 1.29 bits per heavy atom. The summed E-state index contributed by atoms with van der Waals surface area (Å²) in [5.41, 5.74) is -0.894. The summed E-state index contributed by atoms with van der Waals surface area (Å²) in [6.07, 6.45) is 3.21. The van der Waals surface area contributed by atoms with Crippen LogP contribution in [-0.2, 0) is 14.3 Å². The Morgan fingerprint density at radius 2 is 1.82 bits per heavy atom. The van der Waals surface area contributed by atoms with Gasteiger partial charge in [-0.3, -0.25) is 14.5 Å². The molecule has 0 unspecified atom stereocenters. The molecule has 0 radical (unpaired) electrons. The highest BCUT2D eigenvalue weighted by atomic mass is 16.5. The first kappa shape index (κ1) is 12.5. The zero-order valence-corrected chi connectivity index (χ0v) is 10.1. The van der Waals surface area contributed by atoms with Crippen LogP contribution in [0, 0.1) is 5.92 Å². The van der Waals surface area contributed by atoms with Crippen LogP contribution in [0.2, 0.25) is 0 Å². The van der Waals surface area contributed by atoms with Crippen LogP contribution in [0.25, 0.3) is 0 Å². The van der Waals surface area contributed by atoms with Gasteiger partial charge in [0.1, 0.15) is 13.2 Å². The molecule has 1 N–H and O–H groups in total. The number of carbonyl (C=O) groups excluding carboxylic acids is 2. The summed E-state index contributed by atoms with van der Waals surface area (Å²) in [6, 6.07) is 0. The van der Waals surface area contributed by atoms with Crippen molar-refractivity contribution in [3.05, 3.63) is 0 Å². The first-order valence-corrected chi connectivity index (χ1v) is 6.13. The van der Waals surface area contributed by atoms with Crippen LogP contribution >= 0.6 is 0 Å². The minimum Gasteiger partial charge on any atom is -0.388 e. The summed E-state index contributed by atoms with van der Waals surface area (Å²) in [6.45, 7) is 2.17. The van der Waals surface area contributed by atoms with Crippen molar-refractivity contribution in [3.63, 3.8) is 0 Å². The van der Waals surface area contributed by atoms with Gasteiger partial charge >= 0.3 is 0 Å². The van der Waals surface area contributed by atoms with Crippen molar-refractivity contribution in [3.8, 4) is 0 Å². The van der Waals surface area contributed by atoms with Crippen LogP contribution in [0.1, 0.15) is 32.6 Å². The number of β-amino-alcohol motifs (C(OH)–C–C–N with tert-alkyl or cyclic N) is 1. The lowest BCUT2D eigenvalue weighted by Gasteiger charge is -2.38. The summed E-state index contributed by atoms with van der Waals surface area (Å²) >= 11 is 0. The molecule has 17 heavy (non-hydrogen) atoms. The van der Waals surface area contributed by atoms with E-state index in [9.17, 15) is 14.7 Å². The second-order valence-corrected chi connectivity index (χ2v) is 5.27. The zero-order chi connectivity index (χ0) is 12.5. The predicted molar refractivity (Wildman–Crippen MR) is 60.1 cm³/mol. The Balaban J connectivity index is 1.99. The van der Waals surface area contributed by atoms with E-state index < -0.39 is 5.60 Å². The van der Waals surface area contributed by atoms with Gasteiger partial charge in [0.25, 0.3) is 11.8 Å². The second-order valence-electron chi connectivity index (χ2n) is 5.27. The SMILES string of the molecule is CC1CCC(O)(CN2C(=O)COCC2=O)CC1. The Bertz CT molecular complexity index is 304. The van der Waals surface area contributed by atoms with Crippen molar-refractivity contribution < 1.29 is 19.4 Å².